The summed E-state index contributed by atoms with van der Waals surface area (Å²) in [6, 6.07) is 6.38. The van der Waals surface area contributed by atoms with Gasteiger partial charge in [0.05, 0.1) is 15.4 Å². The van der Waals surface area contributed by atoms with Crippen molar-refractivity contribution >= 4 is 23.3 Å². The van der Waals surface area contributed by atoms with Crippen LogP contribution in [0.15, 0.2) is 30.5 Å². The zero-order chi connectivity index (χ0) is 11.5. The van der Waals surface area contributed by atoms with Crippen LogP contribution in [0.1, 0.15) is 9.80 Å². The van der Waals surface area contributed by atoms with E-state index < -0.39 is 4.92 Å². The van der Waals surface area contributed by atoms with E-state index in [0.717, 1.165) is 11.3 Å². The van der Waals surface area contributed by atoms with Crippen LogP contribution in [0.2, 0.25) is 0 Å². The molecule has 80 valence electrons. The average Bonchev–Trinajstić information content (AvgIpc) is 2.77. The average molecular weight is 234 g/mol. The van der Waals surface area contributed by atoms with Gasteiger partial charge in [-0.1, -0.05) is 12.1 Å². The first kappa shape index (κ1) is 10.4. The molecule has 0 saturated carbocycles. The Bertz CT molecular complexity index is 551. The molecular weight excluding hydrogens is 228 g/mol. The van der Waals surface area contributed by atoms with Crippen LogP contribution in [-0.4, -0.2) is 16.2 Å². The van der Waals surface area contributed by atoms with Crippen molar-refractivity contribution < 1.29 is 9.72 Å². The Kier molecular flexibility index (Phi) is 2.74. The van der Waals surface area contributed by atoms with Crippen LogP contribution in [0.25, 0.3) is 10.4 Å². The summed E-state index contributed by atoms with van der Waals surface area (Å²) < 4.78 is 0. The molecule has 0 radical (unpaired) electrons. The van der Waals surface area contributed by atoms with Crippen molar-refractivity contribution in [3.8, 4) is 10.4 Å². The van der Waals surface area contributed by atoms with Crippen molar-refractivity contribution in [2.45, 2.75) is 0 Å². The Labute approximate surface area is 94.5 Å². The van der Waals surface area contributed by atoms with Gasteiger partial charge in [-0.05, 0) is 6.07 Å². The number of carbonyl (C=O) groups is 1. The maximum absolute atomic E-state index is 10.8. The van der Waals surface area contributed by atoms with Gasteiger partial charge in [0.25, 0.3) is 5.69 Å². The van der Waals surface area contributed by atoms with Gasteiger partial charge in [0.2, 0.25) is 0 Å². The number of rotatable bonds is 3. The summed E-state index contributed by atoms with van der Waals surface area (Å²) in [4.78, 5) is 25.3. The zero-order valence-corrected chi connectivity index (χ0v) is 8.81. The SMILES string of the molecule is O=Cc1ncc(-c2ccccc2[N+](=O)[O-])s1. The van der Waals surface area contributed by atoms with E-state index in [4.69, 9.17) is 0 Å². The number of nitrogens with zero attached hydrogens (tertiary/aromatic N) is 2. The van der Waals surface area contributed by atoms with Gasteiger partial charge >= 0.3 is 0 Å². The molecule has 0 amide bonds. The minimum Gasteiger partial charge on any atom is -0.295 e. The fourth-order valence-corrected chi connectivity index (χ4v) is 2.07. The lowest BCUT2D eigenvalue weighted by molar-refractivity contribution is -0.384. The van der Waals surface area contributed by atoms with Gasteiger partial charge in [-0.3, -0.25) is 14.9 Å². The first-order valence-corrected chi connectivity index (χ1v) is 5.19. The lowest BCUT2D eigenvalue weighted by atomic mass is 10.1. The molecule has 6 heteroatoms. The summed E-state index contributed by atoms with van der Waals surface area (Å²) in [5.74, 6) is 0. The van der Waals surface area contributed by atoms with Gasteiger partial charge in [-0.15, -0.1) is 11.3 Å². The number of hydrogen-bond acceptors (Lipinski definition) is 5. The predicted molar refractivity (Wildman–Crippen MR) is 59.6 cm³/mol. The fourth-order valence-electron chi connectivity index (χ4n) is 1.31. The Hall–Kier alpha value is -2.08. The maximum Gasteiger partial charge on any atom is 0.278 e. The van der Waals surface area contributed by atoms with Crippen LogP contribution in [-0.2, 0) is 0 Å². The lowest BCUT2D eigenvalue weighted by Crippen LogP contribution is -1.89. The van der Waals surface area contributed by atoms with Crippen molar-refractivity contribution in [1.29, 1.82) is 0 Å². The fraction of sp³-hybridized carbons (Fsp3) is 0. The number of para-hydroxylation sites is 1. The molecule has 0 saturated heterocycles. The van der Waals surface area contributed by atoms with Gasteiger partial charge in [0, 0.05) is 12.3 Å². The standard InChI is InChI=1S/C10H6N2O3S/c13-6-10-11-5-9(16-10)7-3-1-2-4-8(7)12(14)15/h1-6H. The summed E-state index contributed by atoms with van der Waals surface area (Å²) in [7, 11) is 0. The van der Waals surface area contributed by atoms with E-state index in [1.165, 1.54) is 12.3 Å². The van der Waals surface area contributed by atoms with E-state index >= 15 is 0 Å². The van der Waals surface area contributed by atoms with Crippen LogP contribution in [0.3, 0.4) is 0 Å². The number of aldehydes is 1. The number of benzene rings is 1. The van der Waals surface area contributed by atoms with Crippen molar-refractivity contribution in [3.05, 3.63) is 45.6 Å². The molecule has 1 heterocycles. The van der Waals surface area contributed by atoms with Crippen molar-refractivity contribution in [3.63, 3.8) is 0 Å². The quantitative estimate of drug-likeness (QED) is 0.464. The van der Waals surface area contributed by atoms with Crippen LogP contribution in [0.5, 0.6) is 0 Å². The van der Waals surface area contributed by atoms with Gasteiger partial charge in [-0.2, -0.15) is 0 Å². The molecule has 0 spiro atoms. The zero-order valence-electron chi connectivity index (χ0n) is 7.99. The molecule has 5 nitrogen and oxygen atoms in total. The summed E-state index contributed by atoms with van der Waals surface area (Å²) in [6.45, 7) is 0. The van der Waals surface area contributed by atoms with Crippen molar-refractivity contribution in [1.82, 2.24) is 4.98 Å². The first-order chi connectivity index (χ1) is 7.72. The summed E-state index contributed by atoms with van der Waals surface area (Å²) in [5, 5.41) is 11.1. The highest BCUT2D eigenvalue weighted by Crippen LogP contribution is 2.32. The second-order valence-corrected chi connectivity index (χ2v) is 4.02. The van der Waals surface area contributed by atoms with E-state index in [1.807, 2.05) is 0 Å². The minimum absolute atomic E-state index is 0.0172. The van der Waals surface area contributed by atoms with Crippen LogP contribution in [0.4, 0.5) is 5.69 Å². The van der Waals surface area contributed by atoms with Gasteiger partial charge in [0.1, 0.15) is 0 Å². The Morgan fingerprint density at radius 3 is 2.75 bits per heavy atom. The number of hydrogen-bond donors (Lipinski definition) is 0. The lowest BCUT2D eigenvalue weighted by Gasteiger charge is -1.97. The van der Waals surface area contributed by atoms with Crippen molar-refractivity contribution in [2.75, 3.05) is 0 Å². The van der Waals surface area contributed by atoms with Crippen LogP contribution < -0.4 is 0 Å². The Balaban J connectivity index is 2.54. The topological polar surface area (TPSA) is 73.1 Å². The normalized spacial score (nSPS) is 10.0. The molecule has 0 unspecified atom stereocenters. The minimum atomic E-state index is -0.449. The molecule has 2 rings (SSSR count). The molecular formula is C10H6N2O3S. The molecule has 0 aliphatic carbocycles. The predicted octanol–water partition coefficient (Wildman–Crippen LogP) is 2.53. The highest BCUT2D eigenvalue weighted by Gasteiger charge is 2.16. The maximum atomic E-state index is 10.8. The van der Waals surface area contributed by atoms with E-state index in [1.54, 1.807) is 18.2 Å². The summed E-state index contributed by atoms with van der Waals surface area (Å²) in [6.07, 6.45) is 2.10. The third-order valence-electron chi connectivity index (χ3n) is 1.99. The molecule has 0 atom stereocenters. The van der Waals surface area contributed by atoms with E-state index in [2.05, 4.69) is 4.98 Å². The molecule has 2 aromatic rings. The van der Waals surface area contributed by atoms with Gasteiger partial charge in [-0.25, -0.2) is 4.98 Å². The smallest absolute Gasteiger partial charge is 0.278 e. The Morgan fingerprint density at radius 1 is 1.38 bits per heavy atom. The van der Waals surface area contributed by atoms with Gasteiger partial charge in [0.15, 0.2) is 11.3 Å². The van der Waals surface area contributed by atoms with Gasteiger partial charge < -0.3 is 0 Å². The monoisotopic (exact) mass is 234 g/mol. The number of nitro benzene ring substituents is 1. The van der Waals surface area contributed by atoms with E-state index in [-0.39, 0.29) is 5.69 Å². The van der Waals surface area contributed by atoms with E-state index in [0.29, 0.717) is 21.7 Å². The molecule has 0 N–H and O–H groups in total. The highest BCUT2D eigenvalue weighted by molar-refractivity contribution is 7.16. The second kappa shape index (κ2) is 4.19. The largest absolute Gasteiger partial charge is 0.295 e. The third kappa shape index (κ3) is 1.82. The first-order valence-electron chi connectivity index (χ1n) is 4.37. The van der Waals surface area contributed by atoms with Crippen molar-refractivity contribution in [2.24, 2.45) is 0 Å². The number of nitro groups is 1. The Morgan fingerprint density at radius 2 is 2.12 bits per heavy atom. The van der Waals surface area contributed by atoms with E-state index in [9.17, 15) is 14.9 Å². The number of carbonyl (C=O) groups excluding carboxylic acids is 1. The molecule has 0 bridgehead atoms. The molecule has 0 fully saturated rings. The molecule has 16 heavy (non-hydrogen) atoms. The molecule has 1 aromatic heterocycles. The summed E-state index contributed by atoms with van der Waals surface area (Å²) >= 11 is 1.13. The molecule has 1 aromatic carbocycles. The molecule has 0 aliphatic heterocycles. The summed E-state index contributed by atoms with van der Waals surface area (Å²) in [5.41, 5.74) is 0.502. The third-order valence-corrected chi connectivity index (χ3v) is 2.95. The highest BCUT2D eigenvalue weighted by atomic mass is 32.1. The number of thiazole rings is 1. The second-order valence-electron chi connectivity index (χ2n) is 2.95. The molecule has 0 aliphatic rings. The number of aromatic nitrogens is 1. The van der Waals surface area contributed by atoms with Crippen LogP contribution >= 0.6 is 11.3 Å². The van der Waals surface area contributed by atoms with Crippen LogP contribution in [0, 0.1) is 10.1 Å².